The molecule has 0 N–H and O–H groups in total. The van der Waals surface area contributed by atoms with Crippen LogP contribution in [0.5, 0.6) is 0 Å². The van der Waals surface area contributed by atoms with Crippen LogP contribution in [0.4, 0.5) is 0 Å². The van der Waals surface area contributed by atoms with Gasteiger partial charge >= 0.3 is 5.97 Å². The summed E-state index contributed by atoms with van der Waals surface area (Å²) in [6, 6.07) is 18.1. The minimum atomic E-state index is -0.310. The van der Waals surface area contributed by atoms with E-state index in [4.69, 9.17) is 9.47 Å². The van der Waals surface area contributed by atoms with Gasteiger partial charge in [-0.3, -0.25) is 0 Å². The fourth-order valence-corrected chi connectivity index (χ4v) is 2.49. The first-order valence-corrected chi connectivity index (χ1v) is 7.45. The molecule has 0 spiro atoms. The maximum Gasteiger partial charge on any atom is 0.338 e. The molecule has 0 aliphatic rings. The maximum absolute atomic E-state index is 12.0. The lowest BCUT2D eigenvalue weighted by Crippen LogP contribution is -2.10. The molecule has 0 aliphatic heterocycles. The number of rotatable bonds is 5. The fourth-order valence-electron chi connectivity index (χ4n) is 2.49. The molecule has 3 rings (SSSR count). The Morgan fingerprint density at radius 2 is 1.55 bits per heavy atom. The highest BCUT2D eigenvalue weighted by Gasteiger charge is 2.08. The Balaban J connectivity index is 1.85. The number of ether oxygens (including phenoxy) is 2. The zero-order valence-corrected chi connectivity index (χ0v) is 12.5. The molecule has 0 aliphatic carbocycles. The highest BCUT2D eigenvalue weighted by molar-refractivity contribution is 6.01. The van der Waals surface area contributed by atoms with Crippen molar-refractivity contribution in [1.29, 1.82) is 0 Å². The van der Waals surface area contributed by atoms with Crippen LogP contribution in [-0.2, 0) is 9.47 Å². The van der Waals surface area contributed by atoms with Crippen LogP contribution in [0.25, 0.3) is 21.5 Å². The second-order valence-corrected chi connectivity index (χ2v) is 5.09. The summed E-state index contributed by atoms with van der Waals surface area (Å²) in [5.41, 5.74) is 0.569. The molecule has 0 heterocycles. The zero-order valence-electron chi connectivity index (χ0n) is 12.5. The van der Waals surface area contributed by atoms with Crippen molar-refractivity contribution in [3.05, 3.63) is 60.2 Å². The maximum atomic E-state index is 12.0. The molecule has 0 bridgehead atoms. The normalized spacial score (nSPS) is 11.0. The van der Waals surface area contributed by atoms with Crippen molar-refractivity contribution in [2.75, 3.05) is 19.8 Å². The number of benzene rings is 3. The Kier molecular flexibility index (Phi) is 4.35. The summed E-state index contributed by atoms with van der Waals surface area (Å²) in [4.78, 5) is 12.0. The third kappa shape index (κ3) is 3.10. The van der Waals surface area contributed by atoms with Gasteiger partial charge in [0, 0.05) is 6.61 Å². The monoisotopic (exact) mass is 294 g/mol. The van der Waals surface area contributed by atoms with E-state index in [0.29, 0.717) is 18.8 Å². The van der Waals surface area contributed by atoms with Gasteiger partial charge in [-0.15, -0.1) is 0 Å². The molecule has 3 heteroatoms. The smallest absolute Gasteiger partial charge is 0.338 e. The minimum Gasteiger partial charge on any atom is -0.460 e. The van der Waals surface area contributed by atoms with Gasteiger partial charge in [-0.05, 0) is 52.7 Å². The van der Waals surface area contributed by atoms with Crippen LogP contribution in [-0.4, -0.2) is 25.8 Å². The van der Waals surface area contributed by atoms with E-state index in [1.54, 1.807) is 6.07 Å². The second kappa shape index (κ2) is 6.58. The Hall–Kier alpha value is -2.39. The van der Waals surface area contributed by atoms with Crippen LogP contribution >= 0.6 is 0 Å². The molecule has 0 unspecified atom stereocenters. The summed E-state index contributed by atoms with van der Waals surface area (Å²) in [7, 11) is 0. The van der Waals surface area contributed by atoms with Crippen molar-refractivity contribution in [2.45, 2.75) is 6.92 Å². The first kappa shape index (κ1) is 14.5. The summed E-state index contributed by atoms with van der Waals surface area (Å²) in [5.74, 6) is -0.310. The molecular weight excluding hydrogens is 276 g/mol. The predicted molar refractivity (Wildman–Crippen MR) is 88.2 cm³/mol. The van der Waals surface area contributed by atoms with Gasteiger partial charge in [-0.1, -0.05) is 30.3 Å². The average molecular weight is 294 g/mol. The summed E-state index contributed by atoms with van der Waals surface area (Å²) < 4.78 is 10.4. The summed E-state index contributed by atoms with van der Waals surface area (Å²) >= 11 is 0. The first-order valence-electron chi connectivity index (χ1n) is 7.45. The molecule has 3 aromatic carbocycles. The lowest BCUT2D eigenvalue weighted by molar-refractivity contribution is 0.0335. The molecular formula is C19H18O3. The molecule has 0 saturated heterocycles. The Morgan fingerprint density at radius 1 is 0.864 bits per heavy atom. The second-order valence-electron chi connectivity index (χ2n) is 5.09. The van der Waals surface area contributed by atoms with Gasteiger partial charge in [0.2, 0.25) is 0 Å². The van der Waals surface area contributed by atoms with Crippen LogP contribution in [0.3, 0.4) is 0 Å². The van der Waals surface area contributed by atoms with Crippen molar-refractivity contribution in [3.8, 4) is 0 Å². The van der Waals surface area contributed by atoms with Gasteiger partial charge in [-0.2, -0.15) is 0 Å². The van der Waals surface area contributed by atoms with Crippen molar-refractivity contribution in [3.63, 3.8) is 0 Å². The van der Waals surface area contributed by atoms with Crippen LogP contribution in [0.1, 0.15) is 17.3 Å². The van der Waals surface area contributed by atoms with Crippen molar-refractivity contribution < 1.29 is 14.3 Å². The molecule has 22 heavy (non-hydrogen) atoms. The number of hydrogen-bond acceptors (Lipinski definition) is 3. The lowest BCUT2D eigenvalue weighted by atomic mass is 10.0. The van der Waals surface area contributed by atoms with E-state index >= 15 is 0 Å². The van der Waals surface area contributed by atoms with Gasteiger partial charge < -0.3 is 9.47 Å². The quantitative estimate of drug-likeness (QED) is 0.402. The van der Waals surface area contributed by atoms with E-state index in [1.165, 1.54) is 5.39 Å². The summed E-state index contributed by atoms with van der Waals surface area (Å²) in [5, 5.41) is 4.52. The van der Waals surface area contributed by atoms with Crippen LogP contribution in [0, 0.1) is 0 Å². The zero-order chi connectivity index (χ0) is 15.4. The molecule has 0 radical (unpaired) electrons. The highest BCUT2D eigenvalue weighted by Crippen LogP contribution is 2.24. The fraction of sp³-hybridized carbons (Fsp3) is 0.211. The standard InChI is InChI=1S/C19H18O3/c1-2-21-9-10-22-19(20)17-8-7-16-11-14-5-3-4-6-15(14)12-18(16)13-17/h3-8,11-13H,2,9-10H2,1H3. The Bertz CT molecular complexity index is 808. The first-order chi connectivity index (χ1) is 10.8. The van der Waals surface area contributed by atoms with Gasteiger partial charge in [-0.25, -0.2) is 4.79 Å². The minimum absolute atomic E-state index is 0.280. The van der Waals surface area contributed by atoms with E-state index in [1.807, 2.05) is 31.2 Å². The number of esters is 1. The topological polar surface area (TPSA) is 35.5 Å². The lowest BCUT2D eigenvalue weighted by Gasteiger charge is -2.07. The SMILES string of the molecule is CCOCCOC(=O)c1ccc2cc3ccccc3cc2c1. The third-order valence-corrected chi connectivity index (χ3v) is 3.61. The Morgan fingerprint density at radius 3 is 2.27 bits per heavy atom. The Labute approximate surface area is 129 Å². The molecule has 3 aromatic rings. The van der Waals surface area contributed by atoms with Gasteiger partial charge in [0.1, 0.15) is 6.61 Å². The van der Waals surface area contributed by atoms with E-state index in [9.17, 15) is 4.79 Å². The summed E-state index contributed by atoms with van der Waals surface area (Å²) in [6.45, 7) is 3.25. The molecule has 0 saturated carbocycles. The van der Waals surface area contributed by atoms with Gasteiger partial charge in [0.05, 0.1) is 12.2 Å². The molecule has 0 atom stereocenters. The summed E-state index contributed by atoms with van der Waals surface area (Å²) in [6.07, 6.45) is 0. The number of carbonyl (C=O) groups excluding carboxylic acids is 1. The molecule has 0 fully saturated rings. The van der Waals surface area contributed by atoms with Crippen molar-refractivity contribution in [2.24, 2.45) is 0 Å². The number of carbonyl (C=O) groups is 1. The van der Waals surface area contributed by atoms with Gasteiger partial charge in [0.15, 0.2) is 0 Å². The van der Waals surface area contributed by atoms with Crippen molar-refractivity contribution >= 4 is 27.5 Å². The largest absolute Gasteiger partial charge is 0.460 e. The predicted octanol–water partition coefficient (Wildman–Crippen LogP) is 4.19. The van der Waals surface area contributed by atoms with Gasteiger partial charge in [0.25, 0.3) is 0 Å². The average Bonchev–Trinajstić information content (AvgIpc) is 2.56. The van der Waals surface area contributed by atoms with Crippen LogP contribution in [0.2, 0.25) is 0 Å². The number of hydrogen-bond donors (Lipinski definition) is 0. The molecule has 3 nitrogen and oxygen atoms in total. The van der Waals surface area contributed by atoms with E-state index in [0.717, 1.165) is 16.2 Å². The third-order valence-electron chi connectivity index (χ3n) is 3.61. The molecule has 112 valence electrons. The van der Waals surface area contributed by atoms with Crippen LogP contribution < -0.4 is 0 Å². The van der Waals surface area contributed by atoms with E-state index < -0.39 is 0 Å². The molecule has 0 amide bonds. The van der Waals surface area contributed by atoms with Crippen molar-refractivity contribution in [1.82, 2.24) is 0 Å². The highest BCUT2D eigenvalue weighted by atomic mass is 16.6. The number of fused-ring (bicyclic) bond motifs is 2. The van der Waals surface area contributed by atoms with E-state index in [-0.39, 0.29) is 12.6 Å². The van der Waals surface area contributed by atoms with E-state index in [2.05, 4.69) is 24.3 Å². The van der Waals surface area contributed by atoms with Crippen LogP contribution in [0.15, 0.2) is 54.6 Å². The molecule has 0 aromatic heterocycles.